The van der Waals surface area contributed by atoms with E-state index in [1.807, 2.05) is 12.1 Å². The fourth-order valence-corrected chi connectivity index (χ4v) is 0.794. The molecule has 0 aromatic heterocycles. The summed E-state index contributed by atoms with van der Waals surface area (Å²) < 4.78 is 0. The van der Waals surface area contributed by atoms with Crippen LogP contribution >= 0.6 is 11.6 Å². The molecule has 0 atom stereocenters. The van der Waals surface area contributed by atoms with Gasteiger partial charge in [0, 0.05) is 5.02 Å². The van der Waals surface area contributed by atoms with Gasteiger partial charge in [-0.25, -0.2) is 0 Å². The Morgan fingerprint density at radius 2 is 1.89 bits per heavy atom. The second kappa shape index (κ2) is 2.40. The molecular formula is C8H7Cl. The quantitative estimate of drug-likeness (QED) is 0.517. The number of halogens is 1. The summed E-state index contributed by atoms with van der Waals surface area (Å²) in [4.78, 5) is 0. The monoisotopic (exact) mass is 138 g/mol. The molecule has 1 rings (SSSR count). The zero-order chi connectivity index (χ0) is 6.85. The third-order valence-electron chi connectivity index (χ3n) is 1.12. The van der Waals surface area contributed by atoms with Gasteiger partial charge in [-0.3, -0.25) is 0 Å². The van der Waals surface area contributed by atoms with Crippen LogP contribution in [0.25, 0.3) is 0 Å². The van der Waals surface area contributed by atoms with E-state index in [4.69, 9.17) is 11.6 Å². The predicted octanol–water partition coefficient (Wildman–Crippen LogP) is 2.70. The molecule has 1 heteroatoms. The smallest absolute Gasteiger partial charge is 0.0440 e. The molecule has 0 N–H and O–H groups in total. The molecule has 0 aliphatic heterocycles. The van der Waals surface area contributed by atoms with E-state index in [0.29, 0.717) is 5.02 Å². The van der Waals surface area contributed by atoms with E-state index in [1.54, 1.807) is 6.07 Å². The Balaban J connectivity index is 3.17. The molecule has 0 saturated heterocycles. The van der Waals surface area contributed by atoms with Crippen LogP contribution in [-0.4, -0.2) is 0 Å². The van der Waals surface area contributed by atoms with Crippen molar-refractivity contribution in [1.29, 1.82) is 0 Å². The van der Waals surface area contributed by atoms with E-state index in [0.717, 1.165) is 11.1 Å². The van der Waals surface area contributed by atoms with Crippen molar-refractivity contribution in [3.63, 3.8) is 0 Å². The Morgan fingerprint density at radius 1 is 1.22 bits per heavy atom. The highest BCUT2D eigenvalue weighted by Gasteiger charge is 1.91. The van der Waals surface area contributed by atoms with Crippen LogP contribution in [0.1, 0.15) is 11.1 Å². The lowest BCUT2D eigenvalue weighted by Gasteiger charge is -1.95. The topological polar surface area (TPSA) is 0 Å². The maximum Gasteiger partial charge on any atom is 0.0440 e. The van der Waals surface area contributed by atoms with Crippen molar-refractivity contribution >= 4 is 11.6 Å². The SMILES string of the molecule is [CH2]c1ccc([CH2])c(Cl)c1. The predicted molar refractivity (Wildman–Crippen MR) is 40.4 cm³/mol. The van der Waals surface area contributed by atoms with Gasteiger partial charge in [-0.15, -0.1) is 0 Å². The largest absolute Gasteiger partial charge is 0.0840 e. The van der Waals surface area contributed by atoms with Crippen molar-refractivity contribution in [2.24, 2.45) is 0 Å². The van der Waals surface area contributed by atoms with E-state index in [1.165, 1.54) is 0 Å². The standard InChI is InChI=1S/C8H7Cl/c1-6-3-4-7(2)8(9)5-6/h3-5H,1-2H2. The van der Waals surface area contributed by atoms with Crippen LogP contribution in [0.2, 0.25) is 5.02 Å². The van der Waals surface area contributed by atoms with Gasteiger partial charge in [-0.05, 0) is 31.0 Å². The minimum atomic E-state index is 0.683. The second-order valence-electron chi connectivity index (χ2n) is 1.93. The number of hydrogen-bond donors (Lipinski definition) is 0. The van der Waals surface area contributed by atoms with Crippen LogP contribution in [0.15, 0.2) is 18.2 Å². The molecule has 0 aliphatic carbocycles. The molecule has 0 spiro atoms. The first kappa shape index (κ1) is 6.63. The molecule has 0 saturated carbocycles. The summed E-state index contributed by atoms with van der Waals surface area (Å²) in [5, 5.41) is 0.683. The van der Waals surface area contributed by atoms with Gasteiger partial charge >= 0.3 is 0 Å². The number of benzene rings is 1. The lowest BCUT2D eigenvalue weighted by molar-refractivity contribution is 1.55. The van der Waals surface area contributed by atoms with Gasteiger partial charge in [0.1, 0.15) is 0 Å². The molecule has 0 nitrogen and oxygen atoms in total. The van der Waals surface area contributed by atoms with E-state index < -0.39 is 0 Å². The first-order chi connectivity index (χ1) is 4.20. The van der Waals surface area contributed by atoms with Crippen LogP contribution < -0.4 is 0 Å². The molecule has 0 aliphatic rings. The molecule has 1 aromatic carbocycles. The first-order valence-corrected chi connectivity index (χ1v) is 3.01. The Kier molecular flexibility index (Phi) is 1.77. The first-order valence-electron chi connectivity index (χ1n) is 2.63. The summed E-state index contributed by atoms with van der Waals surface area (Å²) in [7, 11) is 0. The van der Waals surface area contributed by atoms with Crippen LogP contribution in [0.4, 0.5) is 0 Å². The summed E-state index contributed by atoms with van der Waals surface area (Å²) in [6.07, 6.45) is 0. The van der Waals surface area contributed by atoms with Gasteiger partial charge in [0.15, 0.2) is 0 Å². The van der Waals surface area contributed by atoms with E-state index >= 15 is 0 Å². The molecule has 0 fully saturated rings. The van der Waals surface area contributed by atoms with E-state index in [2.05, 4.69) is 13.8 Å². The molecule has 0 unspecified atom stereocenters. The van der Waals surface area contributed by atoms with Crippen LogP contribution in [0.5, 0.6) is 0 Å². The van der Waals surface area contributed by atoms with Gasteiger partial charge in [0.25, 0.3) is 0 Å². The van der Waals surface area contributed by atoms with Gasteiger partial charge in [0.2, 0.25) is 0 Å². The van der Waals surface area contributed by atoms with Gasteiger partial charge in [-0.1, -0.05) is 23.7 Å². The van der Waals surface area contributed by atoms with E-state index in [9.17, 15) is 0 Å². The molecule has 0 bridgehead atoms. The van der Waals surface area contributed by atoms with Crippen LogP contribution in [0, 0.1) is 13.8 Å². The highest BCUT2D eigenvalue weighted by molar-refractivity contribution is 6.31. The Hall–Kier alpha value is -0.490. The normalized spacial score (nSPS) is 9.67. The molecule has 2 radical (unpaired) electrons. The Labute approximate surface area is 60.5 Å². The fourth-order valence-electron chi connectivity index (χ4n) is 0.591. The summed E-state index contributed by atoms with van der Waals surface area (Å²) in [6.45, 7) is 7.41. The second-order valence-corrected chi connectivity index (χ2v) is 2.33. The van der Waals surface area contributed by atoms with Gasteiger partial charge < -0.3 is 0 Å². The molecule has 46 valence electrons. The lowest BCUT2D eigenvalue weighted by atomic mass is 10.2. The van der Waals surface area contributed by atoms with Crippen molar-refractivity contribution < 1.29 is 0 Å². The van der Waals surface area contributed by atoms with E-state index in [-0.39, 0.29) is 0 Å². The van der Waals surface area contributed by atoms with Crippen molar-refractivity contribution in [3.05, 3.63) is 48.2 Å². The van der Waals surface area contributed by atoms with Crippen molar-refractivity contribution in [2.45, 2.75) is 0 Å². The van der Waals surface area contributed by atoms with Gasteiger partial charge in [-0.2, -0.15) is 0 Å². The summed E-state index contributed by atoms with van der Waals surface area (Å²) in [5.74, 6) is 0. The third kappa shape index (κ3) is 1.46. The third-order valence-corrected chi connectivity index (χ3v) is 1.47. The Morgan fingerprint density at radius 3 is 2.33 bits per heavy atom. The average Bonchev–Trinajstić information content (AvgIpc) is 1.80. The lowest BCUT2D eigenvalue weighted by Crippen LogP contribution is -1.75. The molecule has 1 aromatic rings. The summed E-state index contributed by atoms with van der Waals surface area (Å²) >= 11 is 5.71. The minimum Gasteiger partial charge on any atom is -0.0840 e. The molecule has 0 amide bonds. The zero-order valence-electron chi connectivity index (χ0n) is 5.02. The van der Waals surface area contributed by atoms with Gasteiger partial charge in [0.05, 0.1) is 0 Å². The molecule has 0 heterocycles. The van der Waals surface area contributed by atoms with Crippen molar-refractivity contribution in [2.75, 3.05) is 0 Å². The summed E-state index contributed by atoms with van der Waals surface area (Å²) in [5.41, 5.74) is 1.77. The molecule has 9 heavy (non-hydrogen) atoms. The molecular weight excluding hydrogens is 132 g/mol. The highest BCUT2D eigenvalue weighted by Crippen LogP contribution is 2.15. The van der Waals surface area contributed by atoms with Crippen LogP contribution in [0.3, 0.4) is 0 Å². The highest BCUT2D eigenvalue weighted by atomic mass is 35.5. The maximum absolute atomic E-state index is 5.71. The van der Waals surface area contributed by atoms with Crippen molar-refractivity contribution in [1.82, 2.24) is 0 Å². The Bertz CT molecular complexity index is 216. The van der Waals surface area contributed by atoms with Crippen molar-refractivity contribution in [3.8, 4) is 0 Å². The fraction of sp³-hybridized carbons (Fsp3) is 0. The summed E-state index contributed by atoms with van der Waals surface area (Å²) in [6, 6.07) is 5.53. The average molecular weight is 139 g/mol. The number of hydrogen-bond acceptors (Lipinski definition) is 0. The minimum absolute atomic E-state index is 0.683. The van der Waals surface area contributed by atoms with Crippen LogP contribution in [-0.2, 0) is 0 Å². The maximum atomic E-state index is 5.71. The number of rotatable bonds is 0. The zero-order valence-corrected chi connectivity index (χ0v) is 5.78.